The normalized spacial score (nSPS) is 11.5. The minimum Gasteiger partial charge on any atom is -0.324 e. The van der Waals surface area contributed by atoms with Crippen LogP contribution in [0.3, 0.4) is 0 Å². The maximum absolute atomic E-state index is 11.4. The first-order valence-corrected chi connectivity index (χ1v) is 14.9. The highest BCUT2D eigenvalue weighted by atomic mass is 35.5. The summed E-state index contributed by atoms with van der Waals surface area (Å²) >= 11 is 4.71. The lowest BCUT2D eigenvalue weighted by atomic mass is 9.91. The fraction of sp³-hybridized carbons (Fsp3) is 0.297. The molecule has 4 nitrogen and oxygen atoms in total. The summed E-state index contributed by atoms with van der Waals surface area (Å²) in [7, 11) is 0. The molecule has 0 aliphatic carbocycles. The summed E-state index contributed by atoms with van der Waals surface area (Å²) in [6, 6.07) is 29.2. The van der Waals surface area contributed by atoms with E-state index in [2.05, 4.69) is 100 Å². The van der Waals surface area contributed by atoms with E-state index in [0.29, 0.717) is 6.42 Å². The standard InChI is InChI=1S/C16H16O.C12H13N.C6H15N.C3H3ClO/c1-3-14(17)11-12(2)15-10-6-8-13-7-4-5-9-16(13)15;1-9(13)11-8-4-6-10-5-2-3-7-12(10)11;1-4-7(5-2)6-3;1-2-3(4)5/h3-10,12H,1,11H2,2H3;2-9H,13H2,1H3;4-6H2,1-3H3;2H,1H2/t12-;9-;;/m01../s1. The van der Waals surface area contributed by atoms with E-state index in [1.165, 1.54) is 58.4 Å². The molecule has 0 saturated heterocycles. The number of benzene rings is 4. The lowest BCUT2D eigenvalue weighted by Crippen LogP contribution is -2.21. The van der Waals surface area contributed by atoms with Crippen molar-refractivity contribution >= 4 is 44.2 Å². The van der Waals surface area contributed by atoms with Crippen molar-refractivity contribution in [1.29, 1.82) is 0 Å². The molecule has 0 aliphatic rings. The van der Waals surface area contributed by atoms with Crippen LogP contribution in [-0.2, 0) is 9.59 Å². The van der Waals surface area contributed by atoms with Gasteiger partial charge < -0.3 is 10.6 Å². The summed E-state index contributed by atoms with van der Waals surface area (Å²) in [6.07, 6.45) is 2.97. The molecule has 5 heteroatoms. The van der Waals surface area contributed by atoms with E-state index in [1.807, 2.05) is 37.3 Å². The molecule has 0 bridgehead atoms. The van der Waals surface area contributed by atoms with E-state index in [0.717, 1.165) is 6.08 Å². The zero-order valence-electron chi connectivity index (χ0n) is 25.9. The lowest BCUT2D eigenvalue weighted by molar-refractivity contribution is -0.114. The maximum Gasteiger partial charge on any atom is 0.244 e. The summed E-state index contributed by atoms with van der Waals surface area (Å²) in [5.74, 6) is 0.331. The van der Waals surface area contributed by atoms with Gasteiger partial charge in [-0.3, -0.25) is 9.59 Å². The highest BCUT2D eigenvalue weighted by Gasteiger charge is 2.11. The molecule has 0 saturated carbocycles. The van der Waals surface area contributed by atoms with Crippen LogP contribution in [0.2, 0.25) is 0 Å². The predicted molar refractivity (Wildman–Crippen MR) is 183 cm³/mol. The van der Waals surface area contributed by atoms with Crippen LogP contribution in [0.4, 0.5) is 0 Å². The van der Waals surface area contributed by atoms with E-state index < -0.39 is 5.24 Å². The molecule has 0 fully saturated rings. The maximum atomic E-state index is 11.4. The van der Waals surface area contributed by atoms with Crippen molar-refractivity contribution in [2.75, 3.05) is 19.6 Å². The number of hydrogen-bond acceptors (Lipinski definition) is 4. The van der Waals surface area contributed by atoms with Gasteiger partial charge in [0.15, 0.2) is 5.78 Å². The van der Waals surface area contributed by atoms with Gasteiger partial charge in [0.2, 0.25) is 5.24 Å². The highest BCUT2D eigenvalue weighted by Crippen LogP contribution is 2.27. The van der Waals surface area contributed by atoms with Gasteiger partial charge in [-0.25, -0.2) is 0 Å². The Hall–Kier alpha value is -3.57. The topological polar surface area (TPSA) is 63.4 Å². The van der Waals surface area contributed by atoms with E-state index in [9.17, 15) is 9.59 Å². The van der Waals surface area contributed by atoms with Gasteiger partial charge in [0.25, 0.3) is 0 Å². The number of carbonyl (C=O) groups is 2. The summed E-state index contributed by atoms with van der Waals surface area (Å²) in [5, 5.41) is 4.48. The molecule has 2 N–H and O–H groups in total. The van der Waals surface area contributed by atoms with Gasteiger partial charge in [0.05, 0.1) is 0 Å². The van der Waals surface area contributed by atoms with Gasteiger partial charge in [-0.1, -0.05) is 126 Å². The van der Waals surface area contributed by atoms with Gasteiger partial charge in [0, 0.05) is 12.5 Å². The van der Waals surface area contributed by atoms with Crippen molar-refractivity contribution < 1.29 is 9.59 Å². The largest absolute Gasteiger partial charge is 0.324 e. The number of halogens is 1. The number of ketones is 1. The fourth-order valence-corrected chi connectivity index (χ4v) is 4.49. The molecule has 0 aliphatic heterocycles. The molecule has 0 unspecified atom stereocenters. The molecule has 0 radical (unpaired) electrons. The lowest BCUT2D eigenvalue weighted by Gasteiger charge is -2.13. The third kappa shape index (κ3) is 12.5. The van der Waals surface area contributed by atoms with E-state index >= 15 is 0 Å². The molecule has 4 rings (SSSR count). The second-order valence-corrected chi connectivity index (χ2v) is 10.2. The van der Waals surface area contributed by atoms with Crippen molar-refractivity contribution in [3.8, 4) is 0 Å². The molecule has 0 amide bonds. The van der Waals surface area contributed by atoms with Gasteiger partial charge in [-0.05, 0) is 88.9 Å². The molecule has 0 heterocycles. The first-order valence-electron chi connectivity index (χ1n) is 14.5. The third-order valence-corrected chi connectivity index (χ3v) is 7.06. The molecular weight excluding hydrogens is 540 g/mol. The van der Waals surface area contributed by atoms with Gasteiger partial charge >= 0.3 is 0 Å². The number of hydrogen-bond donors (Lipinski definition) is 1. The van der Waals surface area contributed by atoms with Crippen molar-refractivity contribution in [3.63, 3.8) is 0 Å². The zero-order valence-corrected chi connectivity index (χ0v) is 26.6. The molecule has 42 heavy (non-hydrogen) atoms. The third-order valence-electron chi connectivity index (χ3n) is 6.91. The molecule has 0 aromatic heterocycles. The number of allylic oxidation sites excluding steroid dienone is 2. The average molecular weight is 587 g/mol. The fourth-order valence-electron chi connectivity index (χ4n) is 4.49. The molecule has 4 aromatic carbocycles. The van der Waals surface area contributed by atoms with Gasteiger partial charge in [0.1, 0.15) is 0 Å². The molecule has 2 atom stereocenters. The Balaban J connectivity index is 0.000000311. The Kier molecular flexibility index (Phi) is 17.6. The van der Waals surface area contributed by atoms with Crippen molar-refractivity contribution in [1.82, 2.24) is 4.90 Å². The Labute approximate surface area is 257 Å². The Morgan fingerprint density at radius 1 is 0.738 bits per heavy atom. The number of nitrogens with zero attached hydrogens (tertiary/aromatic N) is 1. The van der Waals surface area contributed by atoms with Crippen molar-refractivity contribution in [2.45, 2.75) is 53.0 Å². The minimum atomic E-state index is -0.509. The summed E-state index contributed by atoms with van der Waals surface area (Å²) < 4.78 is 0. The van der Waals surface area contributed by atoms with Gasteiger partial charge in [-0.15, -0.1) is 0 Å². The summed E-state index contributed by atoms with van der Waals surface area (Å²) in [6.45, 7) is 20.8. The summed E-state index contributed by atoms with van der Waals surface area (Å²) in [5.41, 5.74) is 8.33. The number of carbonyl (C=O) groups excluding carboxylic acids is 2. The number of rotatable bonds is 9. The first kappa shape index (κ1) is 36.5. The highest BCUT2D eigenvalue weighted by molar-refractivity contribution is 6.66. The van der Waals surface area contributed by atoms with Crippen molar-refractivity contribution in [2.24, 2.45) is 5.73 Å². The quantitative estimate of drug-likeness (QED) is 0.157. The Morgan fingerprint density at radius 2 is 1.14 bits per heavy atom. The smallest absolute Gasteiger partial charge is 0.244 e. The second-order valence-electron chi connectivity index (χ2n) is 9.83. The second kappa shape index (κ2) is 20.3. The van der Waals surface area contributed by atoms with Crippen LogP contribution < -0.4 is 5.73 Å². The Bertz CT molecular complexity index is 1390. The number of nitrogens with two attached hydrogens (primary N) is 1. The molecular formula is C37H47ClN2O2. The van der Waals surface area contributed by atoms with Crippen LogP contribution in [0.5, 0.6) is 0 Å². The average Bonchev–Trinajstić information content (AvgIpc) is 3.02. The van der Waals surface area contributed by atoms with E-state index in [1.54, 1.807) is 0 Å². The van der Waals surface area contributed by atoms with Crippen molar-refractivity contribution in [3.05, 3.63) is 121 Å². The zero-order chi connectivity index (χ0) is 31.5. The van der Waals surface area contributed by atoms with Crippen LogP contribution in [0.25, 0.3) is 21.5 Å². The predicted octanol–water partition coefficient (Wildman–Crippen LogP) is 9.23. The molecule has 4 aromatic rings. The van der Waals surface area contributed by atoms with Crippen LogP contribution in [0.1, 0.15) is 64.1 Å². The van der Waals surface area contributed by atoms with Crippen LogP contribution in [0, 0.1) is 0 Å². The first-order chi connectivity index (χ1) is 20.1. The SMILES string of the molecule is C=CC(=O)C[C@H](C)c1cccc2ccccc12.C=CC(=O)Cl.CCN(CC)CC.C[C@@H](N)c1cccc2ccccc12. The monoisotopic (exact) mass is 586 g/mol. The van der Waals surface area contributed by atoms with Crippen LogP contribution in [-0.4, -0.2) is 35.6 Å². The van der Waals surface area contributed by atoms with E-state index in [-0.39, 0.29) is 17.7 Å². The van der Waals surface area contributed by atoms with Crippen LogP contribution >= 0.6 is 11.6 Å². The molecule has 224 valence electrons. The minimum absolute atomic E-state index is 0.102. The van der Waals surface area contributed by atoms with E-state index in [4.69, 9.17) is 17.3 Å². The molecule has 0 spiro atoms. The van der Waals surface area contributed by atoms with Gasteiger partial charge in [-0.2, -0.15) is 0 Å². The Morgan fingerprint density at radius 3 is 1.52 bits per heavy atom. The van der Waals surface area contributed by atoms with Crippen LogP contribution in [0.15, 0.2) is 110 Å². The summed E-state index contributed by atoms with van der Waals surface area (Å²) in [4.78, 5) is 23.2. The number of fused-ring (bicyclic) bond motifs is 2.